The van der Waals surface area contributed by atoms with Crippen LogP contribution in [0.1, 0.15) is 31.7 Å². The lowest BCUT2D eigenvalue weighted by molar-refractivity contribution is -0.133. The van der Waals surface area contributed by atoms with E-state index in [0.29, 0.717) is 18.5 Å². The molecule has 0 radical (unpaired) electrons. The van der Waals surface area contributed by atoms with Crippen LogP contribution in [0.3, 0.4) is 0 Å². The Bertz CT molecular complexity index is 467. The van der Waals surface area contributed by atoms with Gasteiger partial charge in [0.15, 0.2) is 0 Å². The highest BCUT2D eigenvalue weighted by molar-refractivity contribution is 5.81. The van der Waals surface area contributed by atoms with Gasteiger partial charge in [0.1, 0.15) is 11.6 Å². The molecule has 1 amide bonds. The largest absolute Gasteiger partial charge is 0.341 e. The molecule has 1 saturated heterocycles. The van der Waals surface area contributed by atoms with E-state index in [0.717, 1.165) is 32.0 Å². The minimum absolute atomic E-state index is 0.111. The molecule has 1 unspecified atom stereocenters. The van der Waals surface area contributed by atoms with Crippen LogP contribution in [0.4, 0.5) is 8.78 Å². The van der Waals surface area contributed by atoms with Crippen LogP contribution >= 0.6 is 0 Å². The molecular weight excluding hydrogens is 274 g/mol. The van der Waals surface area contributed by atoms with Crippen LogP contribution in [-0.4, -0.2) is 36.5 Å². The fraction of sp³-hybridized carbons (Fsp3) is 0.562. The first-order chi connectivity index (χ1) is 10.1. The molecule has 3 nitrogen and oxygen atoms in total. The molecule has 5 heteroatoms. The Morgan fingerprint density at radius 3 is 2.43 bits per heavy atom. The van der Waals surface area contributed by atoms with Gasteiger partial charge < -0.3 is 10.2 Å². The van der Waals surface area contributed by atoms with Gasteiger partial charge in [0, 0.05) is 19.2 Å². The van der Waals surface area contributed by atoms with Gasteiger partial charge in [-0.2, -0.15) is 0 Å². The van der Waals surface area contributed by atoms with E-state index in [1.165, 1.54) is 18.6 Å². The summed E-state index contributed by atoms with van der Waals surface area (Å²) >= 11 is 0. The quantitative estimate of drug-likeness (QED) is 0.905. The third kappa shape index (κ3) is 4.77. The van der Waals surface area contributed by atoms with E-state index in [1.54, 1.807) is 0 Å². The summed E-state index contributed by atoms with van der Waals surface area (Å²) in [7, 11) is 0. The Labute approximate surface area is 124 Å². The summed E-state index contributed by atoms with van der Waals surface area (Å²) in [5.41, 5.74) is 0.595. The minimum Gasteiger partial charge on any atom is -0.341 e. The first kappa shape index (κ1) is 15.9. The number of carbonyl (C=O) groups is 1. The summed E-state index contributed by atoms with van der Waals surface area (Å²) < 4.78 is 26.1. The molecule has 1 aromatic carbocycles. The maximum atomic E-state index is 13.1. The van der Waals surface area contributed by atoms with Gasteiger partial charge in [-0.25, -0.2) is 8.78 Å². The predicted molar refractivity (Wildman–Crippen MR) is 78.0 cm³/mol. The van der Waals surface area contributed by atoms with Crippen LogP contribution in [0.25, 0.3) is 0 Å². The highest BCUT2D eigenvalue weighted by Crippen LogP contribution is 2.10. The molecule has 1 aliphatic heterocycles. The van der Waals surface area contributed by atoms with Gasteiger partial charge in [-0.05, 0) is 56.8 Å². The molecule has 0 saturated carbocycles. The number of carbonyl (C=O) groups excluding carboxylic acids is 1. The Balaban J connectivity index is 1.78. The zero-order valence-corrected chi connectivity index (χ0v) is 12.4. The first-order valence-corrected chi connectivity index (χ1v) is 7.53. The molecule has 1 aromatic rings. The molecule has 2 rings (SSSR count). The van der Waals surface area contributed by atoms with Gasteiger partial charge in [-0.15, -0.1) is 0 Å². The zero-order valence-electron chi connectivity index (χ0n) is 12.4. The number of halogens is 2. The van der Waals surface area contributed by atoms with E-state index < -0.39 is 11.6 Å². The number of nitrogens with zero attached hydrogens (tertiary/aromatic N) is 1. The Kier molecular flexibility index (Phi) is 5.67. The lowest BCUT2D eigenvalue weighted by Crippen LogP contribution is -2.47. The number of likely N-dealkylation sites (tertiary alicyclic amines) is 1. The summed E-state index contributed by atoms with van der Waals surface area (Å²) in [6.45, 7) is 4.02. The molecule has 1 N–H and O–H groups in total. The van der Waals surface area contributed by atoms with Crippen LogP contribution in [0.15, 0.2) is 18.2 Å². The Morgan fingerprint density at radius 2 is 1.81 bits per heavy atom. The van der Waals surface area contributed by atoms with Crippen LogP contribution in [0.5, 0.6) is 0 Å². The van der Waals surface area contributed by atoms with Crippen LogP contribution in [0, 0.1) is 11.6 Å². The molecule has 1 heterocycles. The van der Waals surface area contributed by atoms with Crippen molar-refractivity contribution >= 4 is 5.91 Å². The summed E-state index contributed by atoms with van der Waals surface area (Å²) in [6, 6.07) is 3.24. The lowest BCUT2D eigenvalue weighted by Gasteiger charge is -2.29. The fourth-order valence-corrected chi connectivity index (χ4v) is 2.66. The van der Waals surface area contributed by atoms with Gasteiger partial charge in [-0.1, -0.05) is 0 Å². The van der Waals surface area contributed by atoms with E-state index in [9.17, 15) is 13.6 Å². The molecule has 0 aromatic heterocycles. The highest BCUT2D eigenvalue weighted by Gasteiger charge is 2.21. The molecule has 116 valence electrons. The standard InChI is InChI=1S/C16H22F2N2O/c1-12(16(21)20-7-3-2-4-8-20)19-6-5-13-9-14(17)11-15(18)10-13/h9-12,19H,2-8H2,1H3. The monoisotopic (exact) mass is 296 g/mol. The number of nitrogens with one attached hydrogen (secondary N) is 1. The van der Waals surface area contributed by atoms with Crippen molar-refractivity contribution < 1.29 is 13.6 Å². The van der Waals surface area contributed by atoms with E-state index in [-0.39, 0.29) is 11.9 Å². The van der Waals surface area contributed by atoms with E-state index in [4.69, 9.17) is 0 Å². The third-order valence-electron chi connectivity index (χ3n) is 3.82. The highest BCUT2D eigenvalue weighted by atomic mass is 19.1. The van der Waals surface area contributed by atoms with Gasteiger partial charge in [0.2, 0.25) is 5.91 Å². The molecule has 1 atom stereocenters. The summed E-state index contributed by atoms with van der Waals surface area (Å²) in [4.78, 5) is 14.1. The van der Waals surface area contributed by atoms with Crippen molar-refractivity contribution in [3.63, 3.8) is 0 Å². The normalized spacial score (nSPS) is 16.8. The molecule has 21 heavy (non-hydrogen) atoms. The molecule has 0 aliphatic carbocycles. The van der Waals surface area contributed by atoms with Gasteiger partial charge >= 0.3 is 0 Å². The number of benzene rings is 1. The summed E-state index contributed by atoms with van der Waals surface area (Å²) in [6.07, 6.45) is 3.82. The second-order valence-electron chi connectivity index (χ2n) is 5.59. The predicted octanol–water partition coefficient (Wildman–Crippen LogP) is 2.50. The van der Waals surface area contributed by atoms with E-state index in [1.807, 2.05) is 11.8 Å². The number of hydrogen-bond acceptors (Lipinski definition) is 2. The topological polar surface area (TPSA) is 32.3 Å². The Hall–Kier alpha value is -1.49. The summed E-state index contributed by atoms with van der Waals surface area (Å²) in [5, 5.41) is 3.13. The number of piperidine rings is 1. The smallest absolute Gasteiger partial charge is 0.239 e. The van der Waals surface area contributed by atoms with Crippen LogP contribution in [-0.2, 0) is 11.2 Å². The number of amides is 1. The molecular formula is C16H22F2N2O. The van der Waals surface area contributed by atoms with Crippen molar-refractivity contribution in [3.8, 4) is 0 Å². The van der Waals surface area contributed by atoms with E-state index in [2.05, 4.69) is 5.32 Å². The first-order valence-electron chi connectivity index (χ1n) is 7.53. The van der Waals surface area contributed by atoms with Crippen LogP contribution < -0.4 is 5.32 Å². The number of hydrogen-bond donors (Lipinski definition) is 1. The maximum Gasteiger partial charge on any atom is 0.239 e. The lowest BCUT2D eigenvalue weighted by atomic mass is 10.1. The fourth-order valence-electron chi connectivity index (χ4n) is 2.66. The molecule has 1 aliphatic rings. The van der Waals surface area contributed by atoms with Gasteiger partial charge in [-0.3, -0.25) is 4.79 Å². The van der Waals surface area contributed by atoms with Crippen molar-refractivity contribution in [2.45, 2.75) is 38.6 Å². The van der Waals surface area contributed by atoms with Crippen molar-refractivity contribution in [2.24, 2.45) is 0 Å². The Morgan fingerprint density at radius 1 is 1.19 bits per heavy atom. The zero-order chi connectivity index (χ0) is 15.2. The van der Waals surface area contributed by atoms with Crippen molar-refractivity contribution in [2.75, 3.05) is 19.6 Å². The molecule has 0 spiro atoms. The van der Waals surface area contributed by atoms with E-state index >= 15 is 0 Å². The average Bonchev–Trinajstić information content (AvgIpc) is 2.46. The average molecular weight is 296 g/mol. The second-order valence-corrected chi connectivity index (χ2v) is 5.59. The molecule has 0 bridgehead atoms. The van der Waals surface area contributed by atoms with Crippen molar-refractivity contribution in [3.05, 3.63) is 35.4 Å². The van der Waals surface area contributed by atoms with Crippen molar-refractivity contribution in [1.29, 1.82) is 0 Å². The second kappa shape index (κ2) is 7.50. The molecule has 1 fully saturated rings. The van der Waals surface area contributed by atoms with Crippen molar-refractivity contribution in [1.82, 2.24) is 10.2 Å². The van der Waals surface area contributed by atoms with Crippen LogP contribution in [0.2, 0.25) is 0 Å². The third-order valence-corrected chi connectivity index (χ3v) is 3.82. The maximum absolute atomic E-state index is 13.1. The van der Waals surface area contributed by atoms with Gasteiger partial charge in [0.05, 0.1) is 6.04 Å². The number of rotatable bonds is 5. The SMILES string of the molecule is CC(NCCc1cc(F)cc(F)c1)C(=O)N1CCCCC1. The summed E-state index contributed by atoms with van der Waals surface area (Å²) in [5.74, 6) is -1.02. The minimum atomic E-state index is -0.567. The van der Waals surface area contributed by atoms with Gasteiger partial charge in [0.25, 0.3) is 0 Å².